The molecule has 4 heteroatoms. The second kappa shape index (κ2) is 4.09. The molecule has 1 N–H and O–H groups in total. The van der Waals surface area contributed by atoms with Crippen molar-refractivity contribution in [1.29, 1.82) is 0 Å². The summed E-state index contributed by atoms with van der Waals surface area (Å²) in [4.78, 5) is 16.1. The Hall–Kier alpha value is -0.900. The molecule has 14 heavy (non-hydrogen) atoms. The summed E-state index contributed by atoms with van der Waals surface area (Å²) >= 11 is 1.51. The molecule has 0 aromatic carbocycles. The third-order valence-corrected chi connectivity index (χ3v) is 3.75. The predicted molar refractivity (Wildman–Crippen MR) is 57.0 cm³/mol. The van der Waals surface area contributed by atoms with Gasteiger partial charge in [-0.1, -0.05) is 13.8 Å². The van der Waals surface area contributed by atoms with Gasteiger partial charge in [-0.05, 0) is 13.8 Å². The number of nitrogens with zero attached hydrogens (tertiary/aromatic N) is 1. The summed E-state index contributed by atoms with van der Waals surface area (Å²) in [7, 11) is 0. The maximum atomic E-state index is 10.8. The van der Waals surface area contributed by atoms with Crippen LogP contribution in [0.25, 0.3) is 0 Å². The minimum Gasteiger partial charge on any atom is -0.481 e. The van der Waals surface area contributed by atoms with Crippen molar-refractivity contribution in [2.24, 2.45) is 0 Å². The van der Waals surface area contributed by atoms with Gasteiger partial charge in [0.25, 0.3) is 0 Å². The molecule has 0 spiro atoms. The van der Waals surface area contributed by atoms with Gasteiger partial charge >= 0.3 is 5.97 Å². The SMILES string of the molecule is Cc1nc(C(C)C)sc1C(C)C(=O)O. The fourth-order valence-electron chi connectivity index (χ4n) is 1.19. The van der Waals surface area contributed by atoms with E-state index < -0.39 is 11.9 Å². The Balaban J connectivity index is 3.04. The van der Waals surface area contributed by atoms with Crippen molar-refractivity contribution in [3.8, 4) is 0 Å². The van der Waals surface area contributed by atoms with Gasteiger partial charge in [-0.2, -0.15) is 0 Å². The molecular weight excluding hydrogens is 198 g/mol. The molecule has 0 fully saturated rings. The molecule has 0 saturated carbocycles. The minimum atomic E-state index is -0.785. The monoisotopic (exact) mass is 213 g/mol. The van der Waals surface area contributed by atoms with Gasteiger partial charge in [-0.15, -0.1) is 11.3 Å². The fraction of sp³-hybridized carbons (Fsp3) is 0.600. The van der Waals surface area contributed by atoms with E-state index in [1.165, 1.54) is 11.3 Å². The number of hydrogen-bond acceptors (Lipinski definition) is 3. The lowest BCUT2D eigenvalue weighted by Gasteiger charge is -2.02. The molecule has 0 radical (unpaired) electrons. The van der Waals surface area contributed by atoms with E-state index in [-0.39, 0.29) is 0 Å². The first-order valence-electron chi connectivity index (χ1n) is 4.63. The lowest BCUT2D eigenvalue weighted by Crippen LogP contribution is -2.06. The van der Waals surface area contributed by atoms with Gasteiger partial charge in [0.05, 0.1) is 16.6 Å². The van der Waals surface area contributed by atoms with Crippen molar-refractivity contribution in [2.75, 3.05) is 0 Å². The summed E-state index contributed by atoms with van der Waals surface area (Å²) in [5, 5.41) is 9.91. The standard InChI is InChI=1S/C10H15NO2S/c1-5(2)9-11-7(4)8(14-9)6(3)10(12)13/h5-6H,1-4H3,(H,12,13). The maximum absolute atomic E-state index is 10.8. The second-order valence-corrected chi connectivity index (χ2v) is 4.78. The lowest BCUT2D eigenvalue weighted by molar-refractivity contribution is -0.138. The molecule has 0 saturated heterocycles. The Labute approximate surface area is 87.8 Å². The van der Waals surface area contributed by atoms with Crippen molar-refractivity contribution in [2.45, 2.75) is 39.5 Å². The van der Waals surface area contributed by atoms with E-state index in [1.54, 1.807) is 6.92 Å². The van der Waals surface area contributed by atoms with E-state index in [1.807, 2.05) is 6.92 Å². The molecule has 0 bridgehead atoms. The van der Waals surface area contributed by atoms with Crippen LogP contribution in [0.3, 0.4) is 0 Å². The molecule has 1 heterocycles. The molecule has 1 aromatic heterocycles. The molecule has 0 aliphatic rings. The maximum Gasteiger partial charge on any atom is 0.311 e. The van der Waals surface area contributed by atoms with E-state index in [9.17, 15) is 4.79 Å². The van der Waals surface area contributed by atoms with Gasteiger partial charge in [-0.3, -0.25) is 4.79 Å². The summed E-state index contributed by atoms with van der Waals surface area (Å²) < 4.78 is 0. The molecule has 1 atom stereocenters. The Bertz CT molecular complexity index is 344. The highest BCUT2D eigenvalue weighted by molar-refractivity contribution is 7.12. The normalized spacial score (nSPS) is 13.2. The summed E-state index contributed by atoms with van der Waals surface area (Å²) in [6.07, 6.45) is 0. The van der Waals surface area contributed by atoms with Gasteiger partial charge in [0, 0.05) is 10.8 Å². The first-order chi connectivity index (χ1) is 6.43. The van der Waals surface area contributed by atoms with Crippen molar-refractivity contribution in [3.63, 3.8) is 0 Å². The average Bonchev–Trinajstić information content (AvgIpc) is 2.46. The number of aliphatic carboxylic acids is 1. The summed E-state index contributed by atoms with van der Waals surface area (Å²) in [6.45, 7) is 7.70. The predicted octanol–water partition coefficient (Wildman–Crippen LogP) is 2.76. The van der Waals surface area contributed by atoms with Crippen LogP contribution in [0, 0.1) is 6.92 Å². The Morgan fingerprint density at radius 1 is 1.43 bits per heavy atom. The van der Waals surface area contributed by atoms with Crippen molar-refractivity contribution >= 4 is 17.3 Å². The molecule has 3 nitrogen and oxygen atoms in total. The van der Waals surface area contributed by atoms with E-state index in [2.05, 4.69) is 18.8 Å². The highest BCUT2D eigenvalue weighted by Crippen LogP contribution is 2.30. The zero-order valence-electron chi connectivity index (χ0n) is 8.87. The zero-order valence-corrected chi connectivity index (χ0v) is 9.68. The highest BCUT2D eigenvalue weighted by Gasteiger charge is 2.20. The Morgan fingerprint density at radius 3 is 2.36 bits per heavy atom. The Morgan fingerprint density at radius 2 is 2.00 bits per heavy atom. The summed E-state index contributed by atoms with van der Waals surface area (Å²) in [5.74, 6) is -0.861. The quantitative estimate of drug-likeness (QED) is 0.840. The number of thiazole rings is 1. The van der Waals surface area contributed by atoms with Crippen LogP contribution in [0.2, 0.25) is 0 Å². The number of rotatable bonds is 3. The van der Waals surface area contributed by atoms with Crippen LogP contribution in [0.5, 0.6) is 0 Å². The average molecular weight is 213 g/mol. The van der Waals surface area contributed by atoms with Gasteiger partial charge in [0.1, 0.15) is 0 Å². The number of carboxylic acids is 1. The number of carbonyl (C=O) groups is 1. The number of carboxylic acid groups (broad SMARTS) is 1. The number of aromatic nitrogens is 1. The summed E-state index contributed by atoms with van der Waals surface area (Å²) in [5.41, 5.74) is 0.855. The van der Waals surface area contributed by atoms with Gasteiger partial charge in [-0.25, -0.2) is 4.98 Å². The van der Waals surface area contributed by atoms with Crippen LogP contribution < -0.4 is 0 Å². The van der Waals surface area contributed by atoms with E-state index in [4.69, 9.17) is 5.11 Å². The van der Waals surface area contributed by atoms with Gasteiger partial charge < -0.3 is 5.11 Å². The highest BCUT2D eigenvalue weighted by atomic mass is 32.1. The van der Waals surface area contributed by atoms with Crippen LogP contribution >= 0.6 is 11.3 Å². The van der Waals surface area contributed by atoms with Crippen LogP contribution in [0.1, 0.15) is 48.2 Å². The molecule has 0 aliphatic carbocycles. The van der Waals surface area contributed by atoms with Crippen molar-refractivity contribution in [1.82, 2.24) is 4.98 Å². The van der Waals surface area contributed by atoms with Crippen molar-refractivity contribution < 1.29 is 9.90 Å². The van der Waals surface area contributed by atoms with Crippen LogP contribution in [0.15, 0.2) is 0 Å². The molecule has 78 valence electrons. The van der Waals surface area contributed by atoms with E-state index in [0.29, 0.717) is 5.92 Å². The number of aryl methyl sites for hydroxylation is 1. The molecular formula is C10H15NO2S. The first-order valence-corrected chi connectivity index (χ1v) is 5.45. The third kappa shape index (κ3) is 2.12. The molecule has 1 aromatic rings. The topological polar surface area (TPSA) is 50.2 Å². The second-order valence-electron chi connectivity index (χ2n) is 3.72. The van der Waals surface area contributed by atoms with Crippen LogP contribution in [0.4, 0.5) is 0 Å². The van der Waals surface area contributed by atoms with Crippen LogP contribution in [-0.2, 0) is 4.79 Å². The smallest absolute Gasteiger partial charge is 0.311 e. The Kier molecular flexibility index (Phi) is 3.26. The fourth-order valence-corrected chi connectivity index (χ4v) is 2.31. The van der Waals surface area contributed by atoms with E-state index in [0.717, 1.165) is 15.6 Å². The molecule has 0 aliphatic heterocycles. The molecule has 0 amide bonds. The lowest BCUT2D eigenvalue weighted by atomic mass is 10.1. The van der Waals surface area contributed by atoms with Crippen LogP contribution in [-0.4, -0.2) is 16.1 Å². The summed E-state index contributed by atoms with van der Waals surface area (Å²) in [6, 6.07) is 0. The molecule has 1 rings (SSSR count). The number of hydrogen-bond donors (Lipinski definition) is 1. The minimum absolute atomic E-state index is 0.369. The zero-order chi connectivity index (χ0) is 10.9. The van der Waals surface area contributed by atoms with Gasteiger partial charge in [0.2, 0.25) is 0 Å². The largest absolute Gasteiger partial charge is 0.481 e. The van der Waals surface area contributed by atoms with Gasteiger partial charge in [0.15, 0.2) is 0 Å². The first kappa shape index (κ1) is 11.2. The van der Waals surface area contributed by atoms with Crippen molar-refractivity contribution in [3.05, 3.63) is 15.6 Å². The third-order valence-electron chi connectivity index (χ3n) is 2.11. The molecule has 1 unspecified atom stereocenters. The van der Waals surface area contributed by atoms with E-state index >= 15 is 0 Å².